The molecule has 7 nitrogen and oxygen atoms in total. The van der Waals surface area contributed by atoms with Gasteiger partial charge in [-0.2, -0.15) is 12.6 Å². The maximum absolute atomic E-state index is 12.3. The monoisotopic (exact) mass is 393 g/mol. The van der Waals surface area contributed by atoms with Gasteiger partial charge in [-0.05, 0) is 55.8 Å². The molecule has 0 radical (unpaired) electrons. The maximum Gasteiger partial charge on any atom is 0.410 e. The molecule has 0 spiro atoms. The molecule has 2 aliphatic rings. The third kappa shape index (κ3) is 5.84. The Morgan fingerprint density at radius 1 is 1.19 bits per heavy atom. The Balaban J connectivity index is 1.38. The number of likely N-dealkylation sites (tertiary alicyclic amines) is 2. The van der Waals surface area contributed by atoms with E-state index in [1.54, 1.807) is 17.0 Å². The minimum atomic E-state index is -0.444. The van der Waals surface area contributed by atoms with E-state index >= 15 is 0 Å². The van der Waals surface area contributed by atoms with Crippen LogP contribution in [0, 0.1) is 16.0 Å². The summed E-state index contributed by atoms with van der Waals surface area (Å²) in [5, 5.41) is 11.2. The van der Waals surface area contributed by atoms with Gasteiger partial charge in [0.2, 0.25) is 0 Å². The number of nitrogens with zero attached hydrogens (tertiary/aromatic N) is 3. The van der Waals surface area contributed by atoms with Gasteiger partial charge in [-0.1, -0.05) is 0 Å². The first-order chi connectivity index (χ1) is 13.0. The van der Waals surface area contributed by atoms with Gasteiger partial charge in [0.15, 0.2) is 0 Å². The molecule has 8 heteroatoms. The average Bonchev–Trinajstić information content (AvgIpc) is 2.67. The van der Waals surface area contributed by atoms with Crippen LogP contribution >= 0.6 is 12.6 Å². The number of amides is 1. The summed E-state index contributed by atoms with van der Waals surface area (Å²) in [6, 6.07) is 6.07. The standard InChI is InChI=1S/C19H27N3O4S/c23-19(26-14-16-3-5-17(6-4-16)22(24)25)21-10-7-15(8-11-21)12-20-9-1-2-18(27)13-20/h3-6,15,18,27H,1-2,7-14H2/t18-/m1/s1. The second-order valence-corrected chi connectivity index (χ2v) is 8.19. The summed E-state index contributed by atoms with van der Waals surface area (Å²) in [7, 11) is 0. The van der Waals surface area contributed by atoms with Gasteiger partial charge in [0.25, 0.3) is 5.69 Å². The molecule has 0 bridgehead atoms. The van der Waals surface area contributed by atoms with E-state index in [0.717, 1.165) is 51.1 Å². The Hall–Kier alpha value is -1.80. The van der Waals surface area contributed by atoms with E-state index in [0.29, 0.717) is 11.2 Å². The topological polar surface area (TPSA) is 75.9 Å². The highest BCUT2D eigenvalue weighted by Crippen LogP contribution is 2.22. The molecule has 3 rings (SSSR count). The van der Waals surface area contributed by atoms with Crippen LogP contribution in [0.4, 0.5) is 10.5 Å². The summed E-state index contributed by atoms with van der Waals surface area (Å²) >= 11 is 4.60. The van der Waals surface area contributed by atoms with Crippen molar-refractivity contribution in [1.29, 1.82) is 0 Å². The molecule has 2 heterocycles. The number of hydrogen-bond donors (Lipinski definition) is 1. The van der Waals surface area contributed by atoms with Gasteiger partial charge in [0.1, 0.15) is 6.61 Å². The number of non-ortho nitro benzene ring substituents is 1. The van der Waals surface area contributed by atoms with Crippen molar-refractivity contribution in [3.8, 4) is 0 Å². The predicted octanol–water partition coefficient (Wildman–Crippen LogP) is 3.34. The highest BCUT2D eigenvalue weighted by molar-refractivity contribution is 7.81. The second-order valence-electron chi connectivity index (χ2n) is 7.46. The van der Waals surface area contributed by atoms with Crippen LogP contribution in [0.25, 0.3) is 0 Å². The van der Waals surface area contributed by atoms with Gasteiger partial charge >= 0.3 is 6.09 Å². The third-order valence-corrected chi connectivity index (χ3v) is 5.80. The Kier molecular flexibility index (Phi) is 6.95. The lowest BCUT2D eigenvalue weighted by molar-refractivity contribution is -0.384. The Bertz CT molecular complexity index is 647. The third-order valence-electron chi connectivity index (χ3n) is 5.38. The highest BCUT2D eigenvalue weighted by atomic mass is 32.1. The van der Waals surface area contributed by atoms with E-state index in [2.05, 4.69) is 17.5 Å². The number of carbonyl (C=O) groups excluding carboxylic acids is 1. The molecule has 0 aliphatic carbocycles. The summed E-state index contributed by atoms with van der Waals surface area (Å²) in [4.78, 5) is 26.7. The van der Waals surface area contributed by atoms with Gasteiger partial charge in [-0.25, -0.2) is 4.79 Å². The molecule has 2 aliphatic heterocycles. The molecular formula is C19H27N3O4S. The maximum atomic E-state index is 12.3. The lowest BCUT2D eigenvalue weighted by Gasteiger charge is -2.37. The summed E-state index contributed by atoms with van der Waals surface area (Å²) in [6.45, 7) is 4.91. The molecule has 1 aromatic carbocycles. The zero-order valence-electron chi connectivity index (χ0n) is 15.5. The van der Waals surface area contributed by atoms with Crippen LogP contribution in [-0.4, -0.2) is 58.8 Å². The average molecular weight is 394 g/mol. The fraction of sp³-hybridized carbons (Fsp3) is 0.632. The van der Waals surface area contributed by atoms with Crippen LogP contribution in [0.5, 0.6) is 0 Å². The van der Waals surface area contributed by atoms with E-state index in [9.17, 15) is 14.9 Å². The highest BCUT2D eigenvalue weighted by Gasteiger charge is 2.26. The Labute approximate surface area is 165 Å². The smallest absolute Gasteiger partial charge is 0.410 e. The minimum Gasteiger partial charge on any atom is -0.445 e. The number of nitro benzene ring substituents is 1. The van der Waals surface area contributed by atoms with Crippen molar-refractivity contribution in [3.05, 3.63) is 39.9 Å². The number of hydrogen-bond acceptors (Lipinski definition) is 6. The molecule has 0 N–H and O–H groups in total. The molecule has 0 aromatic heterocycles. The van der Waals surface area contributed by atoms with Crippen LogP contribution < -0.4 is 0 Å². The predicted molar refractivity (Wildman–Crippen MR) is 106 cm³/mol. The number of thiol groups is 1. The Morgan fingerprint density at radius 2 is 1.89 bits per heavy atom. The van der Waals surface area contributed by atoms with Crippen LogP contribution in [0.2, 0.25) is 0 Å². The van der Waals surface area contributed by atoms with Crippen molar-refractivity contribution in [2.45, 2.75) is 37.5 Å². The molecule has 148 valence electrons. The summed E-state index contributed by atoms with van der Waals surface area (Å²) in [5.74, 6) is 0.627. The SMILES string of the molecule is O=C(OCc1ccc([N+](=O)[O-])cc1)N1CCC(CN2CCC[C@@H](S)C2)CC1. The van der Waals surface area contributed by atoms with E-state index in [-0.39, 0.29) is 18.4 Å². The van der Waals surface area contributed by atoms with Crippen molar-refractivity contribution in [1.82, 2.24) is 9.80 Å². The molecule has 1 amide bonds. The van der Waals surface area contributed by atoms with Crippen molar-refractivity contribution in [3.63, 3.8) is 0 Å². The van der Waals surface area contributed by atoms with Crippen LogP contribution in [-0.2, 0) is 11.3 Å². The second kappa shape index (κ2) is 9.41. The molecule has 2 fully saturated rings. The van der Waals surface area contributed by atoms with Crippen molar-refractivity contribution >= 4 is 24.4 Å². The van der Waals surface area contributed by atoms with Gasteiger partial charge in [0, 0.05) is 43.6 Å². The number of nitro groups is 1. The van der Waals surface area contributed by atoms with Gasteiger partial charge in [-0.15, -0.1) is 0 Å². The van der Waals surface area contributed by atoms with Crippen LogP contribution in [0.3, 0.4) is 0 Å². The molecule has 27 heavy (non-hydrogen) atoms. The van der Waals surface area contributed by atoms with E-state index in [4.69, 9.17) is 4.74 Å². The largest absolute Gasteiger partial charge is 0.445 e. The van der Waals surface area contributed by atoms with Crippen molar-refractivity contribution < 1.29 is 14.5 Å². The zero-order valence-corrected chi connectivity index (χ0v) is 16.4. The number of piperidine rings is 2. The molecule has 1 aromatic rings. The van der Waals surface area contributed by atoms with E-state index in [1.807, 2.05) is 0 Å². The summed E-state index contributed by atoms with van der Waals surface area (Å²) in [5.41, 5.74) is 0.778. The first-order valence-corrected chi connectivity index (χ1v) is 10.1. The lowest BCUT2D eigenvalue weighted by atomic mass is 9.95. The number of carbonyl (C=O) groups is 1. The van der Waals surface area contributed by atoms with E-state index < -0.39 is 4.92 Å². The van der Waals surface area contributed by atoms with Gasteiger partial charge in [-0.3, -0.25) is 10.1 Å². The lowest BCUT2D eigenvalue weighted by Crippen LogP contribution is -2.44. The number of rotatable bonds is 5. The van der Waals surface area contributed by atoms with Gasteiger partial charge in [0.05, 0.1) is 4.92 Å². The van der Waals surface area contributed by atoms with Crippen LogP contribution in [0.15, 0.2) is 24.3 Å². The minimum absolute atomic E-state index is 0.0325. The van der Waals surface area contributed by atoms with Crippen LogP contribution in [0.1, 0.15) is 31.2 Å². The molecule has 2 saturated heterocycles. The van der Waals surface area contributed by atoms with Crippen molar-refractivity contribution in [2.24, 2.45) is 5.92 Å². The normalized spacial score (nSPS) is 21.8. The van der Waals surface area contributed by atoms with Crippen molar-refractivity contribution in [2.75, 3.05) is 32.7 Å². The van der Waals surface area contributed by atoms with Gasteiger partial charge < -0.3 is 14.5 Å². The Morgan fingerprint density at radius 3 is 2.52 bits per heavy atom. The number of benzene rings is 1. The fourth-order valence-electron chi connectivity index (χ4n) is 3.81. The first kappa shape index (κ1) is 19.9. The molecule has 0 unspecified atom stereocenters. The molecular weight excluding hydrogens is 366 g/mol. The first-order valence-electron chi connectivity index (χ1n) is 9.56. The zero-order chi connectivity index (χ0) is 19.2. The van der Waals surface area contributed by atoms with E-state index in [1.165, 1.54) is 25.0 Å². The molecule has 0 saturated carbocycles. The number of ether oxygens (including phenoxy) is 1. The summed E-state index contributed by atoms with van der Waals surface area (Å²) in [6.07, 6.45) is 4.13. The quantitative estimate of drug-likeness (QED) is 0.472. The fourth-order valence-corrected chi connectivity index (χ4v) is 4.22. The summed E-state index contributed by atoms with van der Waals surface area (Å²) < 4.78 is 5.36. The molecule has 1 atom stereocenters.